The summed E-state index contributed by atoms with van der Waals surface area (Å²) in [7, 11) is -0.0381. The van der Waals surface area contributed by atoms with E-state index in [2.05, 4.69) is 5.32 Å². The standard InChI is InChI=1S/C23H27N3O4S/c1-25-11-8-19-15-21(6-7-22(19)25)31(28,29)26-12-9-18(10-13-26)23(27)24-16-17-4-3-5-20(14-17)30-2/h3-8,11,14-15,18H,9-10,12-13,16H2,1-2H3,(H,24,27). The Morgan fingerprint density at radius 3 is 2.65 bits per heavy atom. The van der Waals surface area contributed by atoms with Gasteiger partial charge in [-0.1, -0.05) is 12.1 Å². The third-order valence-corrected chi connectivity index (χ3v) is 7.81. The molecule has 1 amide bonds. The molecule has 4 rings (SSSR count). The van der Waals surface area contributed by atoms with E-state index < -0.39 is 10.0 Å². The molecule has 31 heavy (non-hydrogen) atoms. The Kier molecular flexibility index (Phi) is 6.02. The van der Waals surface area contributed by atoms with Crippen LogP contribution in [0.3, 0.4) is 0 Å². The van der Waals surface area contributed by atoms with Gasteiger partial charge in [-0.3, -0.25) is 4.79 Å². The van der Waals surface area contributed by atoms with Crippen LogP contribution in [0.15, 0.2) is 59.6 Å². The van der Waals surface area contributed by atoms with Crippen LogP contribution in [-0.4, -0.2) is 43.4 Å². The number of aromatic nitrogens is 1. The molecule has 0 radical (unpaired) electrons. The number of carbonyl (C=O) groups is 1. The summed E-state index contributed by atoms with van der Waals surface area (Å²) in [5.41, 5.74) is 1.95. The molecule has 1 aliphatic rings. The van der Waals surface area contributed by atoms with Crippen molar-refractivity contribution in [1.29, 1.82) is 0 Å². The molecule has 0 saturated carbocycles. The van der Waals surface area contributed by atoms with Crippen LogP contribution in [0.5, 0.6) is 5.75 Å². The molecule has 7 nitrogen and oxygen atoms in total. The van der Waals surface area contributed by atoms with Crippen LogP contribution in [0, 0.1) is 5.92 Å². The average molecular weight is 442 g/mol. The number of amides is 1. The molecule has 2 aromatic carbocycles. The maximum atomic E-state index is 13.1. The molecule has 0 atom stereocenters. The second-order valence-corrected chi connectivity index (χ2v) is 9.83. The van der Waals surface area contributed by atoms with Crippen molar-refractivity contribution in [3.63, 3.8) is 0 Å². The number of nitrogens with one attached hydrogen (secondary N) is 1. The summed E-state index contributed by atoms with van der Waals surface area (Å²) < 4.78 is 34.8. The highest BCUT2D eigenvalue weighted by molar-refractivity contribution is 7.89. The van der Waals surface area contributed by atoms with E-state index in [-0.39, 0.29) is 11.8 Å². The summed E-state index contributed by atoms with van der Waals surface area (Å²) in [5.74, 6) is 0.526. The number of hydrogen-bond acceptors (Lipinski definition) is 4. The molecule has 1 aliphatic heterocycles. The van der Waals surface area contributed by atoms with E-state index in [1.165, 1.54) is 4.31 Å². The first kappa shape index (κ1) is 21.4. The zero-order valence-corrected chi connectivity index (χ0v) is 18.6. The largest absolute Gasteiger partial charge is 0.497 e. The Bertz CT molecular complexity index is 1190. The smallest absolute Gasteiger partial charge is 0.243 e. The van der Waals surface area contributed by atoms with Gasteiger partial charge in [-0.15, -0.1) is 0 Å². The van der Waals surface area contributed by atoms with Crippen molar-refractivity contribution < 1.29 is 17.9 Å². The molecule has 1 fully saturated rings. The highest BCUT2D eigenvalue weighted by Crippen LogP contribution is 2.26. The van der Waals surface area contributed by atoms with Crippen LogP contribution < -0.4 is 10.1 Å². The molecular formula is C23H27N3O4S. The average Bonchev–Trinajstić information content (AvgIpc) is 3.17. The SMILES string of the molecule is COc1cccc(CNC(=O)C2CCN(S(=O)(=O)c3ccc4c(ccn4C)c3)CC2)c1. The Morgan fingerprint density at radius 2 is 1.90 bits per heavy atom. The maximum absolute atomic E-state index is 13.1. The van der Waals surface area contributed by atoms with Gasteiger partial charge in [0.25, 0.3) is 0 Å². The zero-order valence-electron chi connectivity index (χ0n) is 17.7. The Hall–Kier alpha value is -2.84. The number of methoxy groups -OCH3 is 1. The molecule has 2 heterocycles. The van der Waals surface area contributed by atoms with Gasteiger partial charge in [-0.05, 0) is 54.8 Å². The molecule has 0 bridgehead atoms. The van der Waals surface area contributed by atoms with Crippen molar-refractivity contribution in [1.82, 2.24) is 14.2 Å². The minimum absolute atomic E-state index is 0.0365. The van der Waals surface area contributed by atoms with Gasteiger partial charge in [0.1, 0.15) is 5.75 Å². The predicted octanol–water partition coefficient (Wildman–Crippen LogP) is 2.90. The van der Waals surface area contributed by atoms with Gasteiger partial charge in [0, 0.05) is 49.7 Å². The molecule has 1 N–H and O–H groups in total. The predicted molar refractivity (Wildman–Crippen MR) is 119 cm³/mol. The Balaban J connectivity index is 1.36. The highest BCUT2D eigenvalue weighted by atomic mass is 32.2. The lowest BCUT2D eigenvalue weighted by molar-refractivity contribution is -0.126. The van der Waals surface area contributed by atoms with Crippen LogP contribution in [0.2, 0.25) is 0 Å². The Labute approximate surface area is 182 Å². The van der Waals surface area contributed by atoms with Gasteiger partial charge in [-0.25, -0.2) is 8.42 Å². The molecule has 164 valence electrons. The van der Waals surface area contributed by atoms with Crippen LogP contribution in [0.4, 0.5) is 0 Å². The first-order chi connectivity index (χ1) is 14.9. The number of fused-ring (bicyclic) bond motifs is 1. The van der Waals surface area contributed by atoms with E-state index in [1.807, 2.05) is 54.2 Å². The van der Waals surface area contributed by atoms with E-state index in [9.17, 15) is 13.2 Å². The fourth-order valence-corrected chi connectivity index (χ4v) is 5.55. The molecule has 0 spiro atoms. The first-order valence-corrected chi connectivity index (χ1v) is 11.8. The lowest BCUT2D eigenvalue weighted by Gasteiger charge is -2.30. The normalized spacial score (nSPS) is 15.8. The number of benzene rings is 2. The van der Waals surface area contributed by atoms with Crippen molar-refractivity contribution in [3.8, 4) is 5.75 Å². The van der Waals surface area contributed by atoms with E-state index in [4.69, 9.17) is 4.74 Å². The molecular weight excluding hydrogens is 414 g/mol. The number of piperidine rings is 1. The van der Waals surface area contributed by atoms with E-state index in [0.29, 0.717) is 37.4 Å². The molecule has 3 aromatic rings. The number of rotatable bonds is 6. The molecule has 1 saturated heterocycles. The molecule has 8 heteroatoms. The van der Waals surface area contributed by atoms with Crippen molar-refractivity contribution >= 4 is 26.8 Å². The lowest BCUT2D eigenvalue weighted by Crippen LogP contribution is -2.42. The zero-order chi connectivity index (χ0) is 22.0. The number of nitrogens with zero attached hydrogens (tertiary/aromatic N) is 2. The summed E-state index contributed by atoms with van der Waals surface area (Å²) in [6, 6.07) is 14.7. The molecule has 0 unspecified atom stereocenters. The fraction of sp³-hybridized carbons (Fsp3) is 0.348. The van der Waals surface area contributed by atoms with E-state index >= 15 is 0 Å². The summed E-state index contributed by atoms with van der Waals surface area (Å²) in [4.78, 5) is 12.9. The fourth-order valence-electron chi connectivity index (χ4n) is 4.04. The molecule has 0 aliphatic carbocycles. The van der Waals surface area contributed by atoms with Gasteiger partial charge in [0.05, 0.1) is 12.0 Å². The van der Waals surface area contributed by atoms with Crippen molar-refractivity contribution in [2.75, 3.05) is 20.2 Å². The summed E-state index contributed by atoms with van der Waals surface area (Å²) in [6.07, 6.45) is 2.93. The third kappa shape index (κ3) is 4.45. The van der Waals surface area contributed by atoms with Gasteiger partial charge in [0.2, 0.25) is 15.9 Å². The number of sulfonamides is 1. The second-order valence-electron chi connectivity index (χ2n) is 7.89. The number of aryl methyl sites for hydroxylation is 1. The third-order valence-electron chi connectivity index (χ3n) is 5.92. The van der Waals surface area contributed by atoms with Gasteiger partial charge >= 0.3 is 0 Å². The monoisotopic (exact) mass is 441 g/mol. The first-order valence-electron chi connectivity index (χ1n) is 10.3. The summed E-state index contributed by atoms with van der Waals surface area (Å²) in [5, 5.41) is 3.86. The van der Waals surface area contributed by atoms with Crippen molar-refractivity contribution in [3.05, 3.63) is 60.3 Å². The van der Waals surface area contributed by atoms with E-state index in [1.54, 1.807) is 19.2 Å². The van der Waals surface area contributed by atoms with Gasteiger partial charge in [-0.2, -0.15) is 4.31 Å². The van der Waals surface area contributed by atoms with Crippen molar-refractivity contribution in [2.45, 2.75) is 24.3 Å². The van der Waals surface area contributed by atoms with Crippen LogP contribution in [0.25, 0.3) is 10.9 Å². The number of ether oxygens (including phenoxy) is 1. The van der Waals surface area contributed by atoms with Gasteiger partial charge < -0.3 is 14.6 Å². The highest BCUT2D eigenvalue weighted by Gasteiger charge is 2.32. The van der Waals surface area contributed by atoms with Crippen LogP contribution in [-0.2, 0) is 28.4 Å². The lowest BCUT2D eigenvalue weighted by atomic mass is 9.97. The summed E-state index contributed by atoms with van der Waals surface area (Å²) in [6.45, 7) is 1.10. The topological polar surface area (TPSA) is 80.6 Å². The number of carbonyl (C=O) groups excluding carboxylic acids is 1. The Morgan fingerprint density at radius 1 is 1.13 bits per heavy atom. The number of hydrogen-bond donors (Lipinski definition) is 1. The minimum Gasteiger partial charge on any atom is -0.497 e. The molecule has 1 aromatic heterocycles. The van der Waals surface area contributed by atoms with Gasteiger partial charge in [0.15, 0.2) is 0 Å². The van der Waals surface area contributed by atoms with Crippen molar-refractivity contribution in [2.24, 2.45) is 13.0 Å². The van der Waals surface area contributed by atoms with Crippen LogP contribution >= 0.6 is 0 Å². The quantitative estimate of drug-likeness (QED) is 0.638. The maximum Gasteiger partial charge on any atom is 0.243 e. The summed E-state index contributed by atoms with van der Waals surface area (Å²) >= 11 is 0. The second kappa shape index (κ2) is 8.72. The van der Waals surface area contributed by atoms with E-state index in [0.717, 1.165) is 22.2 Å². The minimum atomic E-state index is -3.58. The van der Waals surface area contributed by atoms with Crippen LogP contribution in [0.1, 0.15) is 18.4 Å².